The number of benzene rings is 1. The molecule has 0 radical (unpaired) electrons. The smallest absolute Gasteiger partial charge is 0.0949 e. The molecule has 3 aromatic rings. The molecule has 0 atom stereocenters. The molecule has 0 unspecified atom stereocenters. The predicted molar refractivity (Wildman–Crippen MR) is 73.7 cm³/mol. The van der Waals surface area contributed by atoms with Crippen LogP contribution in [0.15, 0.2) is 55.2 Å². The molecule has 5 nitrogen and oxygen atoms in total. The number of anilines is 1. The van der Waals surface area contributed by atoms with E-state index in [1.807, 2.05) is 23.2 Å². The Kier molecular flexibility index (Phi) is 3.27. The van der Waals surface area contributed by atoms with Gasteiger partial charge in [0, 0.05) is 30.8 Å². The Bertz CT molecular complexity index is 613. The summed E-state index contributed by atoms with van der Waals surface area (Å²) in [4.78, 5) is 4.05. The van der Waals surface area contributed by atoms with Crippen LogP contribution in [0.3, 0.4) is 0 Å². The number of imidazole rings is 1. The maximum Gasteiger partial charge on any atom is 0.0949 e. The number of H-pyrrole nitrogens is 1. The summed E-state index contributed by atoms with van der Waals surface area (Å²) in [6.45, 7) is 1.58. The minimum Gasteiger partial charge on any atom is -0.379 e. The largest absolute Gasteiger partial charge is 0.379 e. The van der Waals surface area contributed by atoms with Crippen LogP contribution in [0.2, 0.25) is 0 Å². The molecule has 5 heteroatoms. The van der Waals surface area contributed by atoms with Crippen molar-refractivity contribution in [3.05, 3.63) is 66.5 Å². The standard InChI is InChI=1S/C14H15N5/c1-2-12(10-19-7-6-15-11-19)8-13(3-1)16-9-14-4-5-17-18-14/h1-8,11,16H,9-10H2,(H,17,18). The van der Waals surface area contributed by atoms with Gasteiger partial charge in [-0.3, -0.25) is 5.10 Å². The average Bonchev–Trinajstić information content (AvgIpc) is 3.10. The Morgan fingerprint density at radius 2 is 2.21 bits per heavy atom. The van der Waals surface area contributed by atoms with Gasteiger partial charge in [0.25, 0.3) is 0 Å². The van der Waals surface area contributed by atoms with Crippen LogP contribution < -0.4 is 5.32 Å². The lowest BCUT2D eigenvalue weighted by Crippen LogP contribution is -2.01. The van der Waals surface area contributed by atoms with Gasteiger partial charge in [-0.05, 0) is 23.8 Å². The van der Waals surface area contributed by atoms with E-state index in [4.69, 9.17) is 0 Å². The van der Waals surface area contributed by atoms with Crippen molar-refractivity contribution < 1.29 is 0 Å². The van der Waals surface area contributed by atoms with Gasteiger partial charge in [0.15, 0.2) is 0 Å². The van der Waals surface area contributed by atoms with Crippen molar-refractivity contribution in [2.75, 3.05) is 5.32 Å². The number of aromatic amines is 1. The molecular formula is C14H15N5. The Labute approximate surface area is 111 Å². The summed E-state index contributed by atoms with van der Waals surface area (Å²) in [5.74, 6) is 0. The molecule has 0 aliphatic heterocycles. The van der Waals surface area contributed by atoms with E-state index in [-0.39, 0.29) is 0 Å². The van der Waals surface area contributed by atoms with Crippen molar-refractivity contribution in [3.63, 3.8) is 0 Å². The van der Waals surface area contributed by atoms with Crippen molar-refractivity contribution >= 4 is 5.69 Å². The minimum atomic E-state index is 0.745. The van der Waals surface area contributed by atoms with Crippen molar-refractivity contribution in [1.82, 2.24) is 19.7 Å². The molecule has 0 amide bonds. The van der Waals surface area contributed by atoms with Crippen LogP contribution in [0.4, 0.5) is 5.69 Å². The minimum absolute atomic E-state index is 0.745. The molecular weight excluding hydrogens is 238 g/mol. The highest BCUT2D eigenvalue weighted by molar-refractivity contribution is 5.46. The molecule has 0 saturated carbocycles. The first-order valence-electron chi connectivity index (χ1n) is 6.17. The molecule has 0 bridgehead atoms. The maximum absolute atomic E-state index is 4.05. The van der Waals surface area contributed by atoms with Gasteiger partial charge in [-0.1, -0.05) is 12.1 Å². The van der Waals surface area contributed by atoms with Crippen LogP contribution in [-0.2, 0) is 13.1 Å². The first-order valence-corrected chi connectivity index (χ1v) is 6.17. The van der Waals surface area contributed by atoms with Crippen LogP contribution in [-0.4, -0.2) is 19.7 Å². The fourth-order valence-electron chi connectivity index (χ4n) is 1.95. The van der Waals surface area contributed by atoms with E-state index in [1.54, 1.807) is 12.4 Å². The number of nitrogens with zero attached hydrogens (tertiary/aromatic N) is 3. The molecule has 2 aromatic heterocycles. The average molecular weight is 253 g/mol. The highest BCUT2D eigenvalue weighted by Gasteiger charge is 1.98. The highest BCUT2D eigenvalue weighted by Crippen LogP contribution is 2.12. The first-order chi connectivity index (χ1) is 9.40. The summed E-state index contributed by atoms with van der Waals surface area (Å²) < 4.78 is 2.05. The fourth-order valence-corrected chi connectivity index (χ4v) is 1.95. The summed E-state index contributed by atoms with van der Waals surface area (Å²) in [7, 11) is 0. The zero-order chi connectivity index (χ0) is 12.9. The Balaban J connectivity index is 1.66. The van der Waals surface area contributed by atoms with Crippen LogP contribution in [0.25, 0.3) is 0 Å². The lowest BCUT2D eigenvalue weighted by molar-refractivity contribution is 0.797. The fraction of sp³-hybridized carbons (Fsp3) is 0.143. The molecule has 1 aromatic carbocycles. The molecule has 96 valence electrons. The predicted octanol–water partition coefficient (Wildman–Crippen LogP) is 2.27. The molecule has 0 fully saturated rings. The maximum atomic E-state index is 4.05. The quantitative estimate of drug-likeness (QED) is 0.733. The van der Waals surface area contributed by atoms with Gasteiger partial charge in [-0.15, -0.1) is 0 Å². The van der Waals surface area contributed by atoms with Gasteiger partial charge in [0.05, 0.1) is 18.6 Å². The molecule has 2 heterocycles. The second kappa shape index (κ2) is 5.39. The van der Waals surface area contributed by atoms with E-state index in [1.165, 1.54) is 5.56 Å². The number of rotatable bonds is 5. The molecule has 19 heavy (non-hydrogen) atoms. The van der Waals surface area contributed by atoms with Crippen LogP contribution in [0.1, 0.15) is 11.3 Å². The summed E-state index contributed by atoms with van der Waals surface area (Å²) in [6, 6.07) is 10.3. The van der Waals surface area contributed by atoms with E-state index in [9.17, 15) is 0 Å². The van der Waals surface area contributed by atoms with Gasteiger partial charge >= 0.3 is 0 Å². The van der Waals surface area contributed by atoms with Crippen LogP contribution >= 0.6 is 0 Å². The topological polar surface area (TPSA) is 58.5 Å². The zero-order valence-electron chi connectivity index (χ0n) is 10.5. The molecule has 2 N–H and O–H groups in total. The normalized spacial score (nSPS) is 10.5. The lowest BCUT2D eigenvalue weighted by Gasteiger charge is -2.08. The van der Waals surface area contributed by atoms with Gasteiger partial charge in [0.2, 0.25) is 0 Å². The van der Waals surface area contributed by atoms with Crippen molar-refractivity contribution in [3.8, 4) is 0 Å². The van der Waals surface area contributed by atoms with Gasteiger partial charge < -0.3 is 9.88 Å². The third-order valence-corrected chi connectivity index (χ3v) is 2.89. The zero-order valence-corrected chi connectivity index (χ0v) is 10.5. The summed E-state index contributed by atoms with van der Waals surface area (Å²) >= 11 is 0. The first kappa shape index (κ1) is 11.5. The van der Waals surface area contributed by atoms with E-state index >= 15 is 0 Å². The van der Waals surface area contributed by atoms with Gasteiger partial charge in [-0.2, -0.15) is 5.10 Å². The van der Waals surface area contributed by atoms with Gasteiger partial charge in [-0.25, -0.2) is 4.98 Å². The molecule has 0 aliphatic carbocycles. The molecule has 0 aliphatic rings. The highest BCUT2D eigenvalue weighted by atomic mass is 15.1. The Morgan fingerprint density at radius 3 is 3.00 bits per heavy atom. The van der Waals surface area contributed by atoms with Crippen molar-refractivity contribution in [2.24, 2.45) is 0 Å². The van der Waals surface area contributed by atoms with Crippen LogP contribution in [0.5, 0.6) is 0 Å². The van der Waals surface area contributed by atoms with Gasteiger partial charge in [0.1, 0.15) is 0 Å². The van der Waals surface area contributed by atoms with E-state index < -0.39 is 0 Å². The van der Waals surface area contributed by atoms with Crippen molar-refractivity contribution in [2.45, 2.75) is 13.1 Å². The number of hydrogen-bond donors (Lipinski definition) is 2. The van der Waals surface area contributed by atoms with Crippen LogP contribution in [0, 0.1) is 0 Å². The molecule has 0 saturated heterocycles. The van der Waals surface area contributed by atoms with E-state index in [0.717, 1.165) is 24.5 Å². The molecule has 3 rings (SSSR count). The number of hydrogen-bond acceptors (Lipinski definition) is 3. The number of nitrogens with one attached hydrogen (secondary N) is 2. The summed E-state index contributed by atoms with van der Waals surface area (Å²) in [5, 5.41) is 10.2. The second-order valence-corrected chi connectivity index (χ2v) is 4.37. The molecule has 0 spiro atoms. The third kappa shape index (κ3) is 3.01. The third-order valence-electron chi connectivity index (χ3n) is 2.89. The van der Waals surface area contributed by atoms with E-state index in [0.29, 0.717) is 0 Å². The summed E-state index contributed by atoms with van der Waals surface area (Å²) in [5.41, 5.74) is 3.42. The second-order valence-electron chi connectivity index (χ2n) is 4.37. The van der Waals surface area contributed by atoms with E-state index in [2.05, 4.69) is 44.8 Å². The SMILES string of the molecule is c1cc(Cn2ccnc2)cc(NCc2ccn[nH]2)c1. The summed E-state index contributed by atoms with van der Waals surface area (Å²) in [6.07, 6.45) is 7.34. The Morgan fingerprint density at radius 1 is 1.21 bits per heavy atom. The monoisotopic (exact) mass is 253 g/mol. The lowest BCUT2D eigenvalue weighted by atomic mass is 10.2. The van der Waals surface area contributed by atoms with Crippen molar-refractivity contribution in [1.29, 1.82) is 0 Å². The number of aromatic nitrogens is 4. The Hall–Kier alpha value is -2.56.